The average Bonchev–Trinajstić information content (AvgIpc) is 3.40. The van der Waals surface area contributed by atoms with E-state index in [1.807, 2.05) is 52.2 Å². The lowest BCUT2D eigenvalue weighted by molar-refractivity contribution is -0.242. The fraction of sp³-hybridized carbons (Fsp3) is 0.452. The molecule has 41 heavy (non-hydrogen) atoms. The first-order valence-corrected chi connectivity index (χ1v) is 14.0. The zero-order valence-electron chi connectivity index (χ0n) is 24.1. The molecule has 4 aromatic rings. The highest BCUT2D eigenvalue weighted by Gasteiger charge is 2.43. The van der Waals surface area contributed by atoms with Crippen LogP contribution >= 0.6 is 0 Å². The van der Waals surface area contributed by atoms with Crippen LogP contribution in [0.4, 0.5) is 0 Å². The fourth-order valence-electron chi connectivity index (χ4n) is 5.92. The van der Waals surface area contributed by atoms with Gasteiger partial charge < -0.3 is 33.6 Å². The first-order chi connectivity index (χ1) is 19.7. The van der Waals surface area contributed by atoms with Gasteiger partial charge in [-0.25, -0.2) is 0 Å². The van der Waals surface area contributed by atoms with Gasteiger partial charge in [0.25, 0.3) is 5.56 Å². The van der Waals surface area contributed by atoms with Crippen molar-refractivity contribution in [2.75, 3.05) is 20.4 Å². The number of fused-ring (bicyclic) bond motifs is 6. The summed E-state index contributed by atoms with van der Waals surface area (Å²) in [4.78, 5) is 30.8. The molecule has 1 saturated heterocycles. The van der Waals surface area contributed by atoms with E-state index in [0.29, 0.717) is 35.7 Å². The van der Waals surface area contributed by atoms with E-state index >= 15 is 0 Å². The number of carbonyl (C=O) groups is 1. The van der Waals surface area contributed by atoms with E-state index in [1.54, 1.807) is 10.6 Å². The number of esters is 1. The standard InChI is InChI=1S/C31H35N3O7/c1-15-9-20-21(10-25(15)41-31-29(40-19(5)35)17(3)16(2)18(4)39-31)30(36)34(8-7-32-6)28-22-11-26-27(38-14-37-26)12-24(22)33-13-23(20)28/h9-13,16-18,29,31-32H,7-8,14H2,1-6H3/t16-,17+,18-,29-,31-/m0/s1. The summed E-state index contributed by atoms with van der Waals surface area (Å²) in [6, 6.07) is 7.48. The zero-order valence-corrected chi connectivity index (χ0v) is 24.1. The Bertz CT molecular complexity index is 1730. The van der Waals surface area contributed by atoms with Gasteiger partial charge in [0.1, 0.15) is 5.75 Å². The Morgan fingerprint density at radius 2 is 1.80 bits per heavy atom. The second-order valence-corrected chi connectivity index (χ2v) is 11.1. The Balaban J connectivity index is 1.52. The van der Waals surface area contributed by atoms with Crippen LogP contribution in [-0.4, -0.2) is 54.4 Å². The summed E-state index contributed by atoms with van der Waals surface area (Å²) in [6.07, 6.45) is 0.322. The number of nitrogens with zero attached hydrogens (tertiary/aromatic N) is 2. The van der Waals surface area contributed by atoms with Crippen LogP contribution in [0.3, 0.4) is 0 Å². The van der Waals surface area contributed by atoms with Gasteiger partial charge in [-0.05, 0) is 56.0 Å². The normalized spacial score (nSPS) is 23.8. The Hall–Kier alpha value is -3.89. The molecule has 6 rings (SSSR count). The van der Waals surface area contributed by atoms with Gasteiger partial charge in [-0.2, -0.15) is 0 Å². The molecule has 0 radical (unpaired) electrons. The minimum absolute atomic E-state index is 0.0197. The van der Waals surface area contributed by atoms with E-state index in [-0.39, 0.29) is 30.3 Å². The van der Waals surface area contributed by atoms with Gasteiger partial charge in [0.15, 0.2) is 17.6 Å². The second-order valence-electron chi connectivity index (χ2n) is 11.1. The van der Waals surface area contributed by atoms with Crippen molar-refractivity contribution < 1.29 is 28.5 Å². The van der Waals surface area contributed by atoms with Crippen LogP contribution in [0.5, 0.6) is 17.2 Å². The van der Waals surface area contributed by atoms with E-state index in [1.165, 1.54) is 6.92 Å². The SMILES string of the molecule is CNCCn1c(=O)c2cc(O[C@@H]3O[C@@H](C)[C@@H](C)[C@@H](C)[C@@H]3OC(C)=O)c(C)cc2c2cnc3cc4c(cc3c21)OCO4. The van der Waals surface area contributed by atoms with Crippen LogP contribution in [0.1, 0.15) is 33.3 Å². The highest BCUT2D eigenvalue weighted by molar-refractivity contribution is 6.14. The number of carbonyl (C=O) groups excluding carboxylic acids is 1. The maximum absolute atomic E-state index is 14.1. The molecule has 0 unspecified atom stereocenters. The largest absolute Gasteiger partial charge is 0.461 e. The number of benzene rings is 2. The Kier molecular flexibility index (Phi) is 6.99. The lowest BCUT2D eigenvalue weighted by Gasteiger charge is -2.42. The molecular weight excluding hydrogens is 526 g/mol. The predicted molar refractivity (Wildman–Crippen MR) is 155 cm³/mol. The fourth-order valence-corrected chi connectivity index (χ4v) is 5.92. The first-order valence-electron chi connectivity index (χ1n) is 14.0. The van der Waals surface area contributed by atoms with Crippen molar-refractivity contribution in [2.45, 2.75) is 59.7 Å². The summed E-state index contributed by atoms with van der Waals surface area (Å²) in [7, 11) is 1.86. The van der Waals surface area contributed by atoms with E-state index in [4.69, 9.17) is 28.7 Å². The Labute approximate surface area is 237 Å². The molecule has 0 amide bonds. The molecule has 2 aromatic carbocycles. The van der Waals surface area contributed by atoms with Gasteiger partial charge in [0, 0.05) is 49.0 Å². The van der Waals surface area contributed by atoms with Gasteiger partial charge in [-0.15, -0.1) is 0 Å². The summed E-state index contributed by atoms with van der Waals surface area (Å²) >= 11 is 0. The van der Waals surface area contributed by atoms with Gasteiger partial charge >= 0.3 is 5.97 Å². The summed E-state index contributed by atoms with van der Waals surface area (Å²) in [5, 5.41) is 6.10. The van der Waals surface area contributed by atoms with Gasteiger partial charge in [0.2, 0.25) is 13.1 Å². The minimum atomic E-state index is -0.807. The minimum Gasteiger partial charge on any atom is -0.461 e. The third-order valence-electron chi connectivity index (χ3n) is 8.52. The van der Waals surface area contributed by atoms with Crippen molar-refractivity contribution in [3.8, 4) is 17.2 Å². The van der Waals surface area contributed by atoms with E-state index in [2.05, 4.69) is 12.2 Å². The molecule has 10 nitrogen and oxygen atoms in total. The summed E-state index contributed by atoms with van der Waals surface area (Å²) in [5.41, 5.74) is 2.19. The highest BCUT2D eigenvalue weighted by atomic mass is 16.7. The molecule has 4 heterocycles. The maximum atomic E-state index is 14.1. The molecule has 0 saturated carbocycles. The van der Waals surface area contributed by atoms with Crippen molar-refractivity contribution in [1.29, 1.82) is 0 Å². The smallest absolute Gasteiger partial charge is 0.303 e. The van der Waals surface area contributed by atoms with Crippen LogP contribution in [0, 0.1) is 18.8 Å². The van der Waals surface area contributed by atoms with Crippen molar-refractivity contribution in [3.63, 3.8) is 0 Å². The quantitative estimate of drug-likeness (QED) is 0.272. The maximum Gasteiger partial charge on any atom is 0.303 e. The van der Waals surface area contributed by atoms with Crippen molar-refractivity contribution in [3.05, 3.63) is 46.4 Å². The number of ether oxygens (including phenoxy) is 5. The second kappa shape index (κ2) is 10.5. The van der Waals surface area contributed by atoms with Crippen molar-refractivity contribution in [1.82, 2.24) is 14.9 Å². The van der Waals surface area contributed by atoms with Crippen LogP contribution in [-0.2, 0) is 20.8 Å². The molecule has 2 aliphatic rings. The molecule has 1 N–H and O–H groups in total. The van der Waals surface area contributed by atoms with Gasteiger partial charge in [-0.1, -0.05) is 13.8 Å². The van der Waals surface area contributed by atoms with Crippen LogP contribution in [0.2, 0.25) is 0 Å². The number of nitrogens with one attached hydrogen (secondary N) is 1. The topological polar surface area (TPSA) is 110 Å². The molecule has 0 bridgehead atoms. The van der Waals surface area contributed by atoms with Crippen molar-refractivity contribution >= 4 is 38.5 Å². The number of likely N-dealkylation sites (N-methyl/N-ethyl adjacent to an activating group) is 1. The summed E-state index contributed by atoms with van der Waals surface area (Å²) in [5.74, 6) is 1.57. The highest BCUT2D eigenvalue weighted by Crippen LogP contribution is 2.40. The number of aryl methyl sites for hydroxylation is 1. The molecule has 10 heteroatoms. The summed E-state index contributed by atoms with van der Waals surface area (Å²) in [6.45, 7) is 10.6. The molecule has 2 aliphatic heterocycles. The van der Waals surface area contributed by atoms with Crippen LogP contribution in [0.15, 0.2) is 35.3 Å². The third-order valence-corrected chi connectivity index (χ3v) is 8.52. The molecule has 1 fully saturated rings. The molecule has 2 aromatic heterocycles. The van der Waals surface area contributed by atoms with E-state index < -0.39 is 18.4 Å². The monoisotopic (exact) mass is 561 g/mol. The Morgan fingerprint density at radius 1 is 1.05 bits per heavy atom. The Morgan fingerprint density at radius 3 is 2.54 bits per heavy atom. The van der Waals surface area contributed by atoms with Crippen LogP contribution in [0.25, 0.3) is 32.6 Å². The molecule has 216 valence electrons. The lowest BCUT2D eigenvalue weighted by Crippen LogP contribution is -2.52. The number of aromatic nitrogens is 2. The first kappa shape index (κ1) is 27.3. The van der Waals surface area contributed by atoms with E-state index in [9.17, 15) is 9.59 Å². The number of hydrogen-bond donors (Lipinski definition) is 1. The van der Waals surface area contributed by atoms with Crippen LogP contribution < -0.4 is 25.1 Å². The zero-order chi connectivity index (χ0) is 29.0. The molecule has 0 aliphatic carbocycles. The number of rotatable bonds is 6. The number of hydrogen-bond acceptors (Lipinski definition) is 9. The average molecular weight is 562 g/mol. The molecule has 5 atom stereocenters. The van der Waals surface area contributed by atoms with E-state index in [0.717, 1.165) is 32.8 Å². The number of pyridine rings is 2. The predicted octanol–water partition coefficient (Wildman–Crippen LogP) is 4.29. The molecule has 0 spiro atoms. The van der Waals surface area contributed by atoms with Gasteiger partial charge in [0.05, 0.1) is 22.5 Å². The lowest BCUT2D eigenvalue weighted by atomic mass is 9.84. The summed E-state index contributed by atoms with van der Waals surface area (Å²) < 4.78 is 31.2. The van der Waals surface area contributed by atoms with Gasteiger partial charge in [-0.3, -0.25) is 14.6 Å². The molecular formula is C31H35N3O7. The van der Waals surface area contributed by atoms with Crippen molar-refractivity contribution in [2.24, 2.45) is 11.8 Å². The third kappa shape index (κ3) is 4.64.